The number of carbonyl (C=O) groups is 3. The molecule has 1 aromatic rings. The summed E-state index contributed by atoms with van der Waals surface area (Å²) in [7, 11) is 2.77. The van der Waals surface area contributed by atoms with E-state index < -0.39 is 17.8 Å². The molecule has 0 spiro atoms. The number of amides is 2. The second-order valence-corrected chi connectivity index (χ2v) is 3.75. The Hall–Kier alpha value is -2.57. The standard InChI is InChI=1S/C12H12N2O5/c1-13-7-3-4-9-8(5-7)14(10(15)6-19-9)11(16)12(17)18-2/h3-5,13H,6H2,1-2H3. The minimum absolute atomic E-state index is 0.221. The molecule has 100 valence electrons. The van der Waals surface area contributed by atoms with Crippen molar-refractivity contribution in [3.63, 3.8) is 0 Å². The maximum absolute atomic E-state index is 11.9. The topological polar surface area (TPSA) is 84.9 Å². The van der Waals surface area contributed by atoms with Crippen LogP contribution in [0.15, 0.2) is 18.2 Å². The molecule has 0 atom stereocenters. The number of imide groups is 1. The maximum atomic E-state index is 11.9. The van der Waals surface area contributed by atoms with E-state index in [0.717, 1.165) is 12.0 Å². The number of hydrogen-bond acceptors (Lipinski definition) is 6. The smallest absolute Gasteiger partial charge is 0.397 e. The van der Waals surface area contributed by atoms with Gasteiger partial charge in [0.15, 0.2) is 6.61 Å². The zero-order valence-electron chi connectivity index (χ0n) is 10.4. The average Bonchev–Trinajstić information content (AvgIpc) is 2.44. The lowest BCUT2D eigenvalue weighted by molar-refractivity contribution is -0.152. The zero-order valence-corrected chi connectivity index (χ0v) is 10.4. The van der Waals surface area contributed by atoms with Crippen molar-refractivity contribution in [2.45, 2.75) is 0 Å². The van der Waals surface area contributed by atoms with Gasteiger partial charge in [0.25, 0.3) is 5.91 Å². The molecule has 1 aliphatic heterocycles. The van der Waals surface area contributed by atoms with Gasteiger partial charge in [0.2, 0.25) is 0 Å². The quantitative estimate of drug-likeness (QED) is 0.574. The highest BCUT2D eigenvalue weighted by Crippen LogP contribution is 2.34. The van der Waals surface area contributed by atoms with Crippen molar-refractivity contribution in [3.8, 4) is 5.75 Å². The number of esters is 1. The van der Waals surface area contributed by atoms with Crippen LogP contribution in [0.2, 0.25) is 0 Å². The molecule has 0 bridgehead atoms. The van der Waals surface area contributed by atoms with Crippen LogP contribution in [-0.2, 0) is 19.1 Å². The van der Waals surface area contributed by atoms with Gasteiger partial charge in [-0.2, -0.15) is 0 Å². The van der Waals surface area contributed by atoms with Crippen molar-refractivity contribution in [1.29, 1.82) is 0 Å². The first kappa shape index (κ1) is 12.9. The van der Waals surface area contributed by atoms with Gasteiger partial charge in [-0.3, -0.25) is 9.59 Å². The molecule has 0 radical (unpaired) electrons. The van der Waals surface area contributed by atoms with Crippen LogP contribution >= 0.6 is 0 Å². The van der Waals surface area contributed by atoms with Gasteiger partial charge in [0, 0.05) is 12.7 Å². The van der Waals surface area contributed by atoms with Crippen LogP contribution in [0.1, 0.15) is 0 Å². The molecular formula is C12H12N2O5. The predicted octanol–water partition coefficient (Wildman–Crippen LogP) is 0.153. The summed E-state index contributed by atoms with van der Waals surface area (Å²) in [6, 6.07) is 4.90. The Kier molecular flexibility index (Phi) is 3.37. The molecule has 0 saturated heterocycles. The van der Waals surface area contributed by atoms with Crippen molar-refractivity contribution in [3.05, 3.63) is 18.2 Å². The summed E-state index contributed by atoms with van der Waals surface area (Å²) in [6.45, 7) is -0.297. The number of fused-ring (bicyclic) bond motifs is 1. The Morgan fingerprint density at radius 3 is 2.79 bits per heavy atom. The van der Waals surface area contributed by atoms with Crippen LogP contribution in [0.3, 0.4) is 0 Å². The lowest BCUT2D eigenvalue weighted by atomic mass is 10.2. The van der Waals surface area contributed by atoms with E-state index >= 15 is 0 Å². The summed E-state index contributed by atoms with van der Waals surface area (Å²) in [5, 5.41) is 2.87. The van der Waals surface area contributed by atoms with Crippen molar-refractivity contribution in [1.82, 2.24) is 0 Å². The van der Waals surface area contributed by atoms with E-state index in [1.54, 1.807) is 25.2 Å². The van der Waals surface area contributed by atoms with Crippen LogP contribution in [0, 0.1) is 0 Å². The van der Waals surface area contributed by atoms with Crippen LogP contribution < -0.4 is 15.0 Å². The number of methoxy groups -OCH3 is 1. The molecule has 0 saturated carbocycles. The third-order valence-electron chi connectivity index (χ3n) is 2.65. The molecule has 0 aliphatic carbocycles. The number of hydrogen-bond donors (Lipinski definition) is 1. The normalized spacial score (nSPS) is 13.4. The zero-order chi connectivity index (χ0) is 14.0. The lowest BCUT2D eigenvalue weighted by Gasteiger charge is -2.27. The Morgan fingerprint density at radius 1 is 1.42 bits per heavy atom. The number of carbonyl (C=O) groups excluding carboxylic acids is 3. The molecule has 19 heavy (non-hydrogen) atoms. The number of rotatable bonds is 1. The molecule has 1 aliphatic rings. The Labute approximate surface area is 109 Å². The van der Waals surface area contributed by atoms with Crippen LogP contribution in [-0.4, -0.2) is 38.5 Å². The molecule has 7 nitrogen and oxygen atoms in total. The molecule has 7 heteroatoms. The summed E-state index contributed by atoms with van der Waals surface area (Å²) in [5.74, 6) is -2.40. The number of nitrogens with zero attached hydrogens (tertiary/aromatic N) is 1. The van der Waals surface area contributed by atoms with Crippen molar-refractivity contribution in [2.75, 3.05) is 31.0 Å². The molecule has 0 unspecified atom stereocenters. The SMILES string of the molecule is CNc1ccc2c(c1)N(C(=O)C(=O)OC)C(=O)CO2. The van der Waals surface area contributed by atoms with E-state index in [9.17, 15) is 14.4 Å². The molecule has 0 fully saturated rings. The number of nitrogens with one attached hydrogen (secondary N) is 1. The minimum atomic E-state index is -1.10. The minimum Gasteiger partial charge on any atom is -0.482 e. The van der Waals surface area contributed by atoms with E-state index in [2.05, 4.69) is 10.1 Å². The second kappa shape index (κ2) is 4.97. The van der Waals surface area contributed by atoms with Crippen molar-refractivity contribution >= 4 is 29.2 Å². The van der Waals surface area contributed by atoms with Gasteiger partial charge in [-0.15, -0.1) is 0 Å². The first-order valence-corrected chi connectivity index (χ1v) is 5.48. The highest BCUT2D eigenvalue weighted by atomic mass is 16.5. The highest BCUT2D eigenvalue weighted by molar-refractivity contribution is 6.44. The predicted molar refractivity (Wildman–Crippen MR) is 66.0 cm³/mol. The second-order valence-electron chi connectivity index (χ2n) is 3.75. The fraction of sp³-hybridized carbons (Fsp3) is 0.250. The third-order valence-corrected chi connectivity index (χ3v) is 2.65. The van der Waals surface area contributed by atoms with Gasteiger partial charge >= 0.3 is 11.9 Å². The number of anilines is 2. The van der Waals surface area contributed by atoms with E-state index in [0.29, 0.717) is 11.4 Å². The molecule has 1 aromatic carbocycles. The van der Waals surface area contributed by atoms with Gasteiger partial charge in [-0.1, -0.05) is 0 Å². The average molecular weight is 264 g/mol. The first-order valence-electron chi connectivity index (χ1n) is 5.48. The summed E-state index contributed by atoms with van der Waals surface area (Å²) in [6.07, 6.45) is 0. The molecule has 1 N–H and O–H groups in total. The lowest BCUT2D eigenvalue weighted by Crippen LogP contribution is -2.46. The molecule has 2 rings (SSSR count). The summed E-state index contributed by atoms with van der Waals surface area (Å²) < 4.78 is 9.55. The Morgan fingerprint density at radius 2 is 2.16 bits per heavy atom. The van der Waals surface area contributed by atoms with E-state index in [1.165, 1.54) is 0 Å². The van der Waals surface area contributed by atoms with Crippen LogP contribution in [0.25, 0.3) is 0 Å². The van der Waals surface area contributed by atoms with Gasteiger partial charge in [0.05, 0.1) is 12.8 Å². The van der Waals surface area contributed by atoms with Crippen molar-refractivity contribution in [2.24, 2.45) is 0 Å². The first-order chi connectivity index (χ1) is 9.08. The van der Waals surface area contributed by atoms with Gasteiger partial charge < -0.3 is 14.8 Å². The fourth-order valence-corrected chi connectivity index (χ4v) is 1.71. The van der Waals surface area contributed by atoms with Gasteiger partial charge in [-0.25, -0.2) is 9.69 Å². The van der Waals surface area contributed by atoms with E-state index in [4.69, 9.17) is 4.74 Å². The van der Waals surface area contributed by atoms with Gasteiger partial charge in [-0.05, 0) is 18.2 Å². The summed E-state index contributed by atoms with van der Waals surface area (Å²) in [5.41, 5.74) is 0.901. The molecule has 2 amide bonds. The maximum Gasteiger partial charge on any atom is 0.397 e. The van der Waals surface area contributed by atoms with E-state index in [1.807, 2.05) is 0 Å². The van der Waals surface area contributed by atoms with Crippen LogP contribution in [0.4, 0.5) is 11.4 Å². The molecular weight excluding hydrogens is 252 g/mol. The fourth-order valence-electron chi connectivity index (χ4n) is 1.71. The third kappa shape index (κ3) is 2.22. The number of benzene rings is 1. The van der Waals surface area contributed by atoms with Crippen LogP contribution in [0.5, 0.6) is 5.75 Å². The summed E-state index contributed by atoms with van der Waals surface area (Å²) >= 11 is 0. The largest absolute Gasteiger partial charge is 0.482 e. The van der Waals surface area contributed by atoms with Gasteiger partial charge in [0.1, 0.15) is 5.75 Å². The Balaban J connectivity index is 2.47. The van der Waals surface area contributed by atoms with Crippen molar-refractivity contribution < 1.29 is 23.9 Å². The number of ether oxygens (including phenoxy) is 2. The monoisotopic (exact) mass is 264 g/mol. The molecule has 0 aromatic heterocycles. The Bertz CT molecular complexity index is 555. The molecule has 1 heterocycles. The summed E-state index contributed by atoms with van der Waals surface area (Å²) in [4.78, 5) is 35.7. The highest BCUT2D eigenvalue weighted by Gasteiger charge is 2.35. The van der Waals surface area contributed by atoms with E-state index in [-0.39, 0.29) is 12.3 Å².